The van der Waals surface area contributed by atoms with Gasteiger partial charge in [-0.1, -0.05) is 24.3 Å². The zero-order valence-electron chi connectivity index (χ0n) is 9.93. The molecule has 2 aromatic rings. The first-order chi connectivity index (χ1) is 9.09. The number of pyridine rings is 1. The highest BCUT2D eigenvalue weighted by atomic mass is 32.2. The van der Waals surface area contributed by atoms with Crippen molar-refractivity contribution in [1.82, 2.24) is 9.29 Å². The molecule has 0 amide bonds. The number of hydrogen-bond donors (Lipinski definition) is 1. The molecule has 1 aromatic heterocycles. The second-order valence-corrected chi connectivity index (χ2v) is 5.41. The molecule has 19 heavy (non-hydrogen) atoms. The molecule has 0 saturated carbocycles. The first kappa shape index (κ1) is 13.1. The summed E-state index contributed by atoms with van der Waals surface area (Å²) in [5.74, 6) is 0. The molecule has 0 unspecified atom stereocenters. The summed E-state index contributed by atoms with van der Waals surface area (Å²) in [6.07, 6.45) is 4.10. The van der Waals surface area contributed by atoms with Crippen LogP contribution in [0.15, 0.2) is 70.6 Å². The van der Waals surface area contributed by atoms with Crippen LogP contribution in [-0.2, 0) is 10.0 Å². The molecule has 2 rings (SSSR count). The largest absolute Gasteiger partial charge is 0.290 e. The highest BCUT2D eigenvalue weighted by Gasteiger charge is 2.09. The first-order valence-corrected chi connectivity index (χ1v) is 6.99. The van der Waals surface area contributed by atoms with Gasteiger partial charge < -0.3 is 0 Å². The highest BCUT2D eigenvalue weighted by molar-refractivity contribution is 7.89. The van der Waals surface area contributed by atoms with Crippen LogP contribution in [0.25, 0.3) is 6.20 Å². The van der Waals surface area contributed by atoms with Gasteiger partial charge in [0.1, 0.15) is 0 Å². The normalized spacial score (nSPS) is 11.6. The van der Waals surface area contributed by atoms with Crippen molar-refractivity contribution in [3.63, 3.8) is 0 Å². The number of sulfonamides is 1. The molecule has 0 atom stereocenters. The Bertz CT molecular complexity index is 734. The summed E-state index contributed by atoms with van der Waals surface area (Å²) >= 11 is 0. The van der Waals surface area contributed by atoms with Gasteiger partial charge in [0.15, 0.2) is 0 Å². The van der Waals surface area contributed by atoms with E-state index in [4.69, 9.17) is 0 Å². The van der Waals surface area contributed by atoms with Crippen molar-refractivity contribution >= 4 is 16.2 Å². The summed E-state index contributed by atoms with van der Waals surface area (Å²) in [5, 5.41) is 0. The van der Waals surface area contributed by atoms with Crippen LogP contribution in [0, 0.1) is 0 Å². The number of rotatable bonds is 4. The molecule has 1 aromatic carbocycles. The zero-order chi connectivity index (χ0) is 13.7. The van der Waals surface area contributed by atoms with E-state index in [-0.39, 0.29) is 10.5 Å². The lowest BCUT2D eigenvalue weighted by atomic mass is 10.4. The Balaban J connectivity index is 2.15. The predicted octanol–water partition coefficient (Wildman–Crippen LogP) is 1.26. The van der Waals surface area contributed by atoms with E-state index in [0.29, 0.717) is 0 Å². The molecule has 1 heterocycles. The molecule has 0 aliphatic rings. The third-order valence-corrected chi connectivity index (χ3v) is 3.70. The minimum Gasteiger partial charge on any atom is -0.290 e. The van der Waals surface area contributed by atoms with Gasteiger partial charge in [0, 0.05) is 24.7 Å². The Morgan fingerprint density at radius 2 is 1.68 bits per heavy atom. The standard InChI is InChI=1S/C13H12N2O3S/c16-13-8-4-5-10-15(13)11-9-14-19(17,18)12-6-2-1-3-7-12/h1-11,14H/b11-9+. The van der Waals surface area contributed by atoms with E-state index in [1.165, 1.54) is 41.4 Å². The summed E-state index contributed by atoms with van der Waals surface area (Å²) in [6.45, 7) is 0. The SMILES string of the molecule is O=c1ccccn1/C=C/NS(=O)(=O)c1ccccc1. The van der Waals surface area contributed by atoms with Crippen molar-refractivity contribution in [2.45, 2.75) is 4.90 Å². The molecule has 98 valence electrons. The molecule has 0 radical (unpaired) electrons. The van der Waals surface area contributed by atoms with Crippen LogP contribution in [0.4, 0.5) is 0 Å². The van der Waals surface area contributed by atoms with Crippen molar-refractivity contribution in [2.75, 3.05) is 0 Å². The molecule has 0 aliphatic heterocycles. The van der Waals surface area contributed by atoms with Crippen LogP contribution >= 0.6 is 0 Å². The topological polar surface area (TPSA) is 68.2 Å². The minimum absolute atomic E-state index is 0.167. The monoisotopic (exact) mass is 276 g/mol. The molecule has 0 saturated heterocycles. The first-order valence-electron chi connectivity index (χ1n) is 5.51. The van der Waals surface area contributed by atoms with E-state index in [1.807, 2.05) is 0 Å². The maximum absolute atomic E-state index is 11.9. The lowest BCUT2D eigenvalue weighted by Crippen LogP contribution is -2.19. The van der Waals surface area contributed by atoms with E-state index in [2.05, 4.69) is 4.72 Å². The molecule has 6 heteroatoms. The smallest absolute Gasteiger partial charge is 0.261 e. The van der Waals surface area contributed by atoms with Gasteiger partial charge in [-0.15, -0.1) is 0 Å². The van der Waals surface area contributed by atoms with Gasteiger partial charge >= 0.3 is 0 Å². The van der Waals surface area contributed by atoms with Crippen molar-refractivity contribution < 1.29 is 8.42 Å². The second-order valence-electron chi connectivity index (χ2n) is 3.70. The summed E-state index contributed by atoms with van der Waals surface area (Å²) in [7, 11) is -3.60. The number of benzene rings is 1. The van der Waals surface area contributed by atoms with Gasteiger partial charge in [-0.2, -0.15) is 0 Å². The highest BCUT2D eigenvalue weighted by Crippen LogP contribution is 2.06. The fourth-order valence-electron chi connectivity index (χ4n) is 1.43. The summed E-state index contributed by atoms with van der Waals surface area (Å²) in [4.78, 5) is 11.5. The van der Waals surface area contributed by atoms with Gasteiger partial charge in [0.05, 0.1) is 4.90 Å². The second kappa shape index (κ2) is 5.53. The molecule has 0 spiro atoms. The Hall–Kier alpha value is -2.34. The molecule has 5 nitrogen and oxygen atoms in total. The zero-order valence-corrected chi connectivity index (χ0v) is 10.7. The maximum Gasteiger partial charge on any atom is 0.261 e. The van der Waals surface area contributed by atoms with E-state index >= 15 is 0 Å². The summed E-state index contributed by atoms with van der Waals surface area (Å²) in [6, 6.07) is 12.7. The Morgan fingerprint density at radius 1 is 1.00 bits per heavy atom. The fraction of sp³-hybridized carbons (Fsp3) is 0. The van der Waals surface area contributed by atoms with E-state index in [9.17, 15) is 13.2 Å². The van der Waals surface area contributed by atoms with Gasteiger partial charge in [-0.25, -0.2) is 8.42 Å². The maximum atomic E-state index is 11.9. The van der Waals surface area contributed by atoms with Crippen LogP contribution in [0.2, 0.25) is 0 Å². The van der Waals surface area contributed by atoms with Crippen LogP contribution in [0.1, 0.15) is 0 Å². The number of nitrogens with one attached hydrogen (secondary N) is 1. The van der Waals surface area contributed by atoms with Crippen molar-refractivity contribution in [2.24, 2.45) is 0 Å². The van der Waals surface area contributed by atoms with Crippen molar-refractivity contribution in [3.8, 4) is 0 Å². The average molecular weight is 276 g/mol. The third-order valence-electron chi connectivity index (χ3n) is 2.36. The summed E-state index contributed by atoms with van der Waals surface area (Å²) < 4.78 is 27.3. The third kappa shape index (κ3) is 3.32. The molecule has 1 N–H and O–H groups in total. The van der Waals surface area contributed by atoms with Crippen LogP contribution in [0.5, 0.6) is 0 Å². The number of aromatic nitrogens is 1. The Kier molecular flexibility index (Phi) is 3.82. The molecular formula is C13H12N2O3S. The van der Waals surface area contributed by atoms with Gasteiger partial charge in [-0.05, 0) is 18.2 Å². The van der Waals surface area contributed by atoms with E-state index < -0.39 is 10.0 Å². The van der Waals surface area contributed by atoms with Gasteiger partial charge in [0.2, 0.25) is 0 Å². The van der Waals surface area contributed by atoms with Crippen molar-refractivity contribution in [1.29, 1.82) is 0 Å². The Labute approximate surface area is 110 Å². The van der Waals surface area contributed by atoms with Crippen molar-refractivity contribution in [3.05, 3.63) is 71.3 Å². The average Bonchev–Trinajstić information content (AvgIpc) is 2.42. The lowest BCUT2D eigenvalue weighted by Gasteiger charge is -2.03. The number of hydrogen-bond acceptors (Lipinski definition) is 3. The predicted molar refractivity (Wildman–Crippen MR) is 72.8 cm³/mol. The Morgan fingerprint density at radius 3 is 2.37 bits per heavy atom. The molecule has 0 aliphatic carbocycles. The summed E-state index contributed by atoms with van der Waals surface area (Å²) in [5.41, 5.74) is -0.238. The van der Waals surface area contributed by atoms with E-state index in [1.54, 1.807) is 30.3 Å². The minimum atomic E-state index is -3.60. The van der Waals surface area contributed by atoms with Crippen LogP contribution in [0.3, 0.4) is 0 Å². The molecule has 0 bridgehead atoms. The lowest BCUT2D eigenvalue weighted by molar-refractivity contribution is 0.590. The number of nitrogens with zero attached hydrogens (tertiary/aromatic N) is 1. The van der Waals surface area contributed by atoms with Gasteiger partial charge in [0.25, 0.3) is 15.6 Å². The van der Waals surface area contributed by atoms with Crippen LogP contribution in [-0.4, -0.2) is 13.0 Å². The quantitative estimate of drug-likeness (QED) is 0.914. The molecule has 0 fully saturated rings. The van der Waals surface area contributed by atoms with E-state index in [0.717, 1.165) is 0 Å². The van der Waals surface area contributed by atoms with Gasteiger partial charge in [-0.3, -0.25) is 14.1 Å². The molecular weight excluding hydrogens is 264 g/mol. The fourth-order valence-corrected chi connectivity index (χ4v) is 2.32. The van der Waals surface area contributed by atoms with Crippen LogP contribution < -0.4 is 10.3 Å².